The minimum atomic E-state index is 0.241. The second kappa shape index (κ2) is 7.28. The van der Waals surface area contributed by atoms with Crippen LogP contribution in [0.1, 0.15) is 64.7 Å². The van der Waals surface area contributed by atoms with Gasteiger partial charge in [0.15, 0.2) is 0 Å². The van der Waals surface area contributed by atoms with Gasteiger partial charge in [0.05, 0.1) is 0 Å². The Labute approximate surface area is 117 Å². The molecule has 0 aliphatic heterocycles. The summed E-state index contributed by atoms with van der Waals surface area (Å²) in [5, 5.41) is 3.19. The highest BCUT2D eigenvalue weighted by molar-refractivity contribution is 5.79. The van der Waals surface area contributed by atoms with Crippen molar-refractivity contribution in [2.24, 2.45) is 23.5 Å². The summed E-state index contributed by atoms with van der Waals surface area (Å²) in [6.45, 7) is 2.85. The fourth-order valence-electron chi connectivity index (χ4n) is 3.37. The zero-order valence-electron chi connectivity index (χ0n) is 12.4. The summed E-state index contributed by atoms with van der Waals surface area (Å²) in [6.07, 6.45) is 11.1. The minimum Gasteiger partial charge on any atom is -0.352 e. The highest BCUT2D eigenvalue weighted by Crippen LogP contribution is 2.34. The van der Waals surface area contributed by atoms with E-state index >= 15 is 0 Å². The summed E-state index contributed by atoms with van der Waals surface area (Å²) in [6, 6.07) is 0.241. The monoisotopic (exact) mass is 266 g/mol. The van der Waals surface area contributed by atoms with Crippen LogP contribution in [-0.2, 0) is 4.79 Å². The summed E-state index contributed by atoms with van der Waals surface area (Å²) < 4.78 is 0. The molecule has 19 heavy (non-hydrogen) atoms. The second-order valence-electron chi connectivity index (χ2n) is 6.55. The van der Waals surface area contributed by atoms with Gasteiger partial charge in [0.1, 0.15) is 0 Å². The summed E-state index contributed by atoms with van der Waals surface area (Å²) in [7, 11) is 0. The lowest BCUT2D eigenvalue weighted by molar-refractivity contribution is -0.127. The molecule has 1 amide bonds. The van der Waals surface area contributed by atoms with E-state index in [2.05, 4.69) is 12.2 Å². The molecule has 3 N–H and O–H groups in total. The lowest BCUT2D eigenvalue weighted by Gasteiger charge is -2.29. The van der Waals surface area contributed by atoms with E-state index in [4.69, 9.17) is 5.73 Å². The van der Waals surface area contributed by atoms with Crippen molar-refractivity contribution in [3.63, 3.8) is 0 Å². The van der Waals surface area contributed by atoms with Gasteiger partial charge in [0.25, 0.3) is 0 Å². The number of rotatable bonds is 7. The Morgan fingerprint density at radius 1 is 1.21 bits per heavy atom. The lowest BCUT2D eigenvalue weighted by atomic mass is 9.79. The molecule has 110 valence electrons. The highest BCUT2D eigenvalue weighted by Gasteiger charge is 2.33. The zero-order chi connectivity index (χ0) is 13.7. The number of hydrogen-bond acceptors (Lipinski definition) is 2. The predicted octanol–water partition coefficient (Wildman–Crippen LogP) is 2.84. The van der Waals surface area contributed by atoms with Crippen LogP contribution in [-0.4, -0.2) is 18.5 Å². The Hall–Kier alpha value is -0.570. The Kier molecular flexibility index (Phi) is 5.68. The summed E-state index contributed by atoms with van der Waals surface area (Å²) >= 11 is 0. The number of carbonyl (C=O) groups is 1. The normalized spacial score (nSPS) is 28.9. The van der Waals surface area contributed by atoms with E-state index in [1.807, 2.05) is 0 Å². The van der Waals surface area contributed by atoms with Gasteiger partial charge >= 0.3 is 0 Å². The van der Waals surface area contributed by atoms with Crippen molar-refractivity contribution < 1.29 is 4.79 Å². The third-order valence-electron chi connectivity index (χ3n) is 4.96. The molecule has 0 spiro atoms. The Balaban J connectivity index is 1.69. The number of amides is 1. The molecule has 2 aliphatic carbocycles. The fraction of sp³-hybridized carbons (Fsp3) is 0.938. The molecule has 3 heteroatoms. The quantitative estimate of drug-likeness (QED) is 0.744. The van der Waals surface area contributed by atoms with Gasteiger partial charge in [-0.15, -0.1) is 0 Å². The van der Waals surface area contributed by atoms with Crippen LogP contribution in [0.5, 0.6) is 0 Å². The van der Waals surface area contributed by atoms with Gasteiger partial charge in [-0.2, -0.15) is 0 Å². The summed E-state index contributed by atoms with van der Waals surface area (Å²) in [5.74, 6) is 2.06. The molecule has 0 bridgehead atoms. The van der Waals surface area contributed by atoms with Crippen molar-refractivity contribution in [2.45, 2.75) is 70.8 Å². The maximum atomic E-state index is 12.3. The maximum Gasteiger partial charge on any atom is 0.223 e. The van der Waals surface area contributed by atoms with E-state index in [0.717, 1.165) is 18.8 Å². The number of nitrogens with two attached hydrogens (primary N) is 1. The maximum absolute atomic E-state index is 12.3. The van der Waals surface area contributed by atoms with Crippen molar-refractivity contribution in [1.29, 1.82) is 0 Å². The SMILES string of the molecule is CCCCC1CCC(C(=O)NC(CN)C2CC2)CC1. The molecule has 2 saturated carbocycles. The lowest BCUT2D eigenvalue weighted by Crippen LogP contribution is -2.45. The summed E-state index contributed by atoms with van der Waals surface area (Å²) in [4.78, 5) is 12.3. The van der Waals surface area contributed by atoms with Gasteiger partial charge in [-0.1, -0.05) is 26.2 Å². The number of hydrogen-bond donors (Lipinski definition) is 2. The van der Waals surface area contributed by atoms with Crippen molar-refractivity contribution in [3.8, 4) is 0 Å². The van der Waals surface area contributed by atoms with Crippen LogP contribution in [0.3, 0.4) is 0 Å². The molecule has 0 aromatic carbocycles. The van der Waals surface area contributed by atoms with Gasteiger partial charge in [-0.25, -0.2) is 0 Å². The standard InChI is InChI=1S/C16H30N2O/c1-2-3-4-12-5-7-14(8-6-12)16(19)18-15(11-17)13-9-10-13/h12-15H,2-11,17H2,1H3,(H,18,19). The second-order valence-corrected chi connectivity index (χ2v) is 6.55. The molecule has 0 aromatic heterocycles. The molecule has 1 atom stereocenters. The van der Waals surface area contributed by atoms with Crippen LogP contribution in [0.2, 0.25) is 0 Å². The molecular formula is C16H30N2O. The molecule has 0 radical (unpaired) electrons. The van der Waals surface area contributed by atoms with Gasteiger partial charge in [0, 0.05) is 18.5 Å². The predicted molar refractivity (Wildman–Crippen MR) is 78.7 cm³/mol. The van der Waals surface area contributed by atoms with Gasteiger partial charge in [-0.05, 0) is 50.4 Å². The number of carbonyl (C=O) groups excluding carboxylic acids is 1. The van der Waals surface area contributed by atoms with Crippen LogP contribution in [0, 0.1) is 17.8 Å². The van der Waals surface area contributed by atoms with Crippen LogP contribution < -0.4 is 11.1 Å². The first kappa shape index (κ1) is 14.8. The molecular weight excluding hydrogens is 236 g/mol. The van der Waals surface area contributed by atoms with E-state index in [9.17, 15) is 4.79 Å². The van der Waals surface area contributed by atoms with E-state index in [-0.39, 0.29) is 17.9 Å². The van der Waals surface area contributed by atoms with Crippen molar-refractivity contribution >= 4 is 5.91 Å². The van der Waals surface area contributed by atoms with E-state index < -0.39 is 0 Å². The first-order valence-corrected chi connectivity index (χ1v) is 8.25. The smallest absolute Gasteiger partial charge is 0.223 e. The highest BCUT2D eigenvalue weighted by atomic mass is 16.1. The largest absolute Gasteiger partial charge is 0.352 e. The molecule has 1 unspecified atom stereocenters. The van der Waals surface area contributed by atoms with Crippen LogP contribution in [0.15, 0.2) is 0 Å². The molecule has 2 rings (SSSR count). The van der Waals surface area contributed by atoms with Gasteiger partial charge in [0.2, 0.25) is 5.91 Å². The van der Waals surface area contributed by atoms with Gasteiger partial charge in [-0.3, -0.25) is 4.79 Å². The van der Waals surface area contributed by atoms with Crippen LogP contribution >= 0.6 is 0 Å². The van der Waals surface area contributed by atoms with Crippen molar-refractivity contribution in [2.75, 3.05) is 6.54 Å². The summed E-state index contributed by atoms with van der Waals surface area (Å²) in [5.41, 5.74) is 5.75. The topological polar surface area (TPSA) is 55.1 Å². The Morgan fingerprint density at radius 3 is 2.42 bits per heavy atom. The van der Waals surface area contributed by atoms with E-state index in [1.54, 1.807) is 0 Å². The first-order valence-electron chi connectivity index (χ1n) is 8.25. The Bertz CT molecular complexity index is 280. The van der Waals surface area contributed by atoms with Gasteiger partial charge < -0.3 is 11.1 Å². The zero-order valence-corrected chi connectivity index (χ0v) is 12.4. The molecule has 0 aromatic rings. The van der Waals surface area contributed by atoms with Crippen LogP contribution in [0.4, 0.5) is 0 Å². The fourth-order valence-corrected chi connectivity index (χ4v) is 3.37. The van der Waals surface area contributed by atoms with E-state index in [1.165, 1.54) is 44.9 Å². The molecule has 2 aliphatic rings. The molecule has 3 nitrogen and oxygen atoms in total. The van der Waals surface area contributed by atoms with Crippen LogP contribution in [0.25, 0.3) is 0 Å². The van der Waals surface area contributed by atoms with E-state index in [0.29, 0.717) is 12.5 Å². The third-order valence-corrected chi connectivity index (χ3v) is 4.96. The molecule has 2 fully saturated rings. The molecule has 0 saturated heterocycles. The molecule has 0 heterocycles. The average molecular weight is 266 g/mol. The van der Waals surface area contributed by atoms with Crippen molar-refractivity contribution in [3.05, 3.63) is 0 Å². The Morgan fingerprint density at radius 2 is 1.89 bits per heavy atom. The third kappa shape index (κ3) is 4.48. The minimum absolute atomic E-state index is 0.241. The first-order chi connectivity index (χ1) is 9.24. The van der Waals surface area contributed by atoms with Crippen molar-refractivity contribution in [1.82, 2.24) is 5.32 Å². The average Bonchev–Trinajstić information content (AvgIpc) is 3.27. The number of unbranched alkanes of at least 4 members (excludes halogenated alkanes) is 1. The number of nitrogens with one attached hydrogen (secondary N) is 1.